The first-order valence-corrected chi connectivity index (χ1v) is 6.00. The van der Waals surface area contributed by atoms with E-state index < -0.39 is 0 Å². The molecule has 0 aromatic carbocycles. The van der Waals surface area contributed by atoms with E-state index >= 15 is 0 Å². The van der Waals surface area contributed by atoms with Crippen LogP contribution in [-0.2, 0) is 4.79 Å². The highest BCUT2D eigenvalue weighted by molar-refractivity contribution is 5.81. The maximum atomic E-state index is 11.9. The fourth-order valence-corrected chi connectivity index (χ4v) is 1.98. The molecule has 0 spiro atoms. The summed E-state index contributed by atoms with van der Waals surface area (Å²) in [6, 6.07) is -0.311. The third-order valence-electron chi connectivity index (χ3n) is 2.95. The van der Waals surface area contributed by atoms with Crippen LogP contribution in [0.3, 0.4) is 0 Å². The zero-order chi connectivity index (χ0) is 11.1. The number of piperidine rings is 1. The first kappa shape index (κ1) is 12.5. The van der Waals surface area contributed by atoms with Crippen LogP contribution in [0, 0.1) is 0 Å². The fraction of sp³-hybridized carbons (Fsp3) is 0.909. The molecule has 4 N–H and O–H groups in total. The summed E-state index contributed by atoms with van der Waals surface area (Å²) in [5, 5.41) is 0. The van der Waals surface area contributed by atoms with Crippen LogP contribution in [0.5, 0.6) is 0 Å². The Morgan fingerprint density at radius 2 is 1.87 bits per heavy atom. The molecule has 1 fully saturated rings. The molecule has 0 aliphatic carbocycles. The zero-order valence-corrected chi connectivity index (χ0v) is 9.45. The molecule has 15 heavy (non-hydrogen) atoms. The van der Waals surface area contributed by atoms with Gasteiger partial charge in [-0.1, -0.05) is 6.42 Å². The van der Waals surface area contributed by atoms with Gasteiger partial charge >= 0.3 is 0 Å². The summed E-state index contributed by atoms with van der Waals surface area (Å²) in [5.74, 6) is 0.131. The molecule has 88 valence electrons. The minimum absolute atomic E-state index is 0.131. The van der Waals surface area contributed by atoms with Gasteiger partial charge in [0, 0.05) is 13.1 Å². The van der Waals surface area contributed by atoms with E-state index in [4.69, 9.17) is 11.5 Å². The van der Waals surface area contributed by atoms with E-state index in [1.165, 1.54) is 6.42 Å². The van der Waals surface area contributed by atoms with Gasteiger partial charge in [0.1, 0.15) is 0 Å². The van der Waals surface area contributed by atoms with Crippen molar-refractivity contribution in [2.24, 2.45) is 11.5 Å². The average molecular weight is 213 g/mol. The second-order valence-electron chi connectivity index (χ2n) is 4.28. The Balaban J connectivity index is 2.24. The molecular formula is C11H23N3O. The van der Waals surface area contributed by atoms with Gasteiger partial charge < -0.3 is 16.4 Å². The van der Waals surface area contributed by atoms with E-state index in [1.54, 1.807) is 0 Å². The van der Waals surface area contributed by atoms with Crippen molar-refractivity contribution in [1.29, 1.82) is 0 Å². The Bertz CT molecular complexity index is 190. The number of carbonyl (C=O) groups excluding carboxylic acids is 1. The number of amides is 1. The van der Waals surface area contributed by atoms with Crippen molar-refractivity contribution in [3.8, 4) is 0 Å². The maximum Gasteiger partial charge on any atom is 0.239 e. The topological polar surface area (TPSA) is 72.3 Å². The van der Waals surface area contributed by atoms with Crippen LogP contribution in [0.2, 0.25) is 0 Å². The fourth-order valence-electron chi connectivity index (χ4n) is 1.98. The Kier molecular flexibility index (Phi) is 5.65. The third-order valence-corrected chi connectivity index (χ3v) is 2.95. The molecule has 0 bridgehead atoms. The number of unbranched alkanes of at least 4 members (excludes halogenated alkanes) is 1. The summed E-state index contributed by atoms with van der Waals surface area (Å²) in [6.07, 6.45) is 6.18. The second-order valence-corrected chi connectivity index (χ2v) is 4.28. The van der Waals surface area contributed by atoms with E-state index in [0.29, 0.717) is 6.54 Å². The van der Waals surface area contributed by atoms with Crippen LogP contribution in [0.1, 0.15) is 38.5 Å². The van der Waals surface area contributed by atoms with Crippen molar-refractivity contribution in [2.45, 2.75) is 44.6 Å². The maximum absolute atomic E-state index is 11.9. The Morgan fingerprint density at radius 1 is 1.20 bits per heavy atom. The Morgan fingerprint density at radius 3 is 2.47 bits per heavy atom. The number of rotatable bonds is 5. The van der Waals surface area contributed by atoms with Crippen LogP contribution < -0.4 is 11.5 Å². The highest BCUT2D eigenvalue weighted by Gasteiger charge is 2.21. The lowest BCUT2D eigenvalue weighted by molar-refractivity contribution is -0.133. The number of hydrogen-bond acceptors (Lipinski definition) is 3. The standard InChI is InChI=1S/C11H23N3O/c12-7-3-2-6-10(13)11(15)14-8-4-1-5-9-14/h10H,1-9,12-13H2/t10-/m0/s1. The molecule has 0 saturated carbocycles. The van der Waals surface area contributed by atoms with Gasteiger partial charge in [-0.2, -0.15) is 0 Å². The summed E-state index contributed by atoms with van der Waals surface area (Å²) in [4.78, 5) is 13.8. The molecule has 1 saturated heterocycles. The van der Waals surface area contributed by atoms with Crippen molar-refractivity contribution < 1.29 is 4.79 Å². The molecule has 0 aromatic heterocycles. The molecular weight excluding hydrogens is 190 g/mol. The highest BCUT2D eigenvalue weighted by Crippen LogP contribution is 2.11. The molecule has 1 atom stereocenters. The molecule has 0 unspecified atom stereocenters. The molecule has 1 heterocycles. The molecule has 1 aliphatic heterocycles. The summed E-state index contributed by atoms with van der Waals surface area (Å²) in [7, 11) is 0. The van der Waals surface area contributed by atoms with Crippen molar-refractivity contribution in [3.63, 3.8) is 0 Å². The first-order chi connectivity index (χ1) is 7.25. The summed E-state index contributed by atoms with van der Waals surface area (Å²) in [5.41, 5.74) is 11.3. The van der Waals surface area contributed by atoms with Gasteiger partial charge in [0.15, 0.2) is 0 Å². The number of hydrogen-bond donors (Lipinski definition) is 2. The van der Waals surface area contributed by atoms with Crippen LogP contribution in [0.15, 0.2) is 0 Å². The minimum Gasteiger partial charge on any atom is -0.341 e. The van der Waals surface area contributed by atoms with E-state index in [0.717, 1.165) is 45.2 Å². The first-order valence-electron chi connectivity index (χ1n) is 6.00. The number of nitrogens with zero attached hydrogens (tertiary/aromatic N) is 1. The van der Waals surface area contributed by atoms with Crippen molar-refractivity contribution >= 4 is 5.91 Å². The summed E-state index contributed by atoms with van der Waals surface area (Å²) >= 11 is 0. The molecule has 4 nitrogen and oxygen atoms in total. The Hall–Kier alpha value is -0.610. The van der Waals surface area contributed by atoms with E-state index in [1.807, 2.05) is 4.90 Å². The molecule has 1 amide bonds. The molecule has 4 heteroatoms. The lowest BCUT2D eigenvalue weighted by Gasteiger charge is -2.29. The van der Waals surface area contributed by atoms with Gasteiger partial charge in [-0.15, -0.1) is 0 Å². The van der Waals surface area contributed by atoms with Crippen LogP contribution >= 0.6 is 0 Å². The quantitative estimate of drug-likeness (QED) is 0.651. The van der Waals surface area contributed by atoms with E-state index in [9.17, 15) is 4.79 Å². The lowest BCUT2D eigenvalue weighted by atomic mass is 10.1. The Labute approximate surface area is 92.0 Å². The number of nitrogens with two attached hydrogens (primary N) is 2. The largest absolute Gasteiger partial charge is 0.341 e. The average Bonchev–Trinajstić information content (AvgIpc) is 2.29. The SMILES string of the molecule is NCCCC[C@H](N)C(=O)N1CCCCC1. The van der Waals surface area contributed by atoms with E-state index in [2.05, 4.69) is 0 Å². The molecule has 0 aromatic rings. The predicted octanol–water partition coefficient (Wildman–Crippen LogP) is 0.455. The number of carbonyl (C=O) groups is 1. The predicted molar refractivity (Wildman–Crippen MR) is 61.3 cm³/mol. The minimum atomic E-state index is -0.311. The third kappa shape index (κ3) is 4.18. The van der Waals surface area contributed by atoms with Gasteiger partial charge in [-0.05, 0) is 38.6 Å². The molecule has 1 rings (SSSR count). The number of likely N-dealkylation sites (tertiary alicyclic amines) is 1. The van der Waals surface area contributed by atoms with Gasteiger partial charge in [-0.3, -0.25) is 4.79 Å². The van der Waals surface area contributed by atoms with Crippen molar-refractivity contribution in [2.75, 3.05) is 19.6 Å². The van der Waals surface area contributed by atoms with Gasteiger partial charge in [-0.25, -0.2) is 0 Å². The summed E-state index contributed by atoms with van der Waals surface area (Å²) < 4.78 is 0. The van der Waals surface area contributed by atoms with Crippen molar-refractivity contribution in [3.05, 3.63) is 0 Å². The normalized spacial score (nSPS) is 18.9. The summed E-state index contributed by atoms with van der Waals surface area (Å²) in [6.45, 7) is 2.47. The highest BCUT2D eigenvalue weighted by atomic mass is 16.2. The molecule has 1 aliphatic rings. The van der Waals surface area contributed by atoms with Gasteiger partial charge in [0.2, 0.25) is 5.91 Å². The van der Waals surface area contributed by atoms with Crippen LogP contribution in [0.25, 0.3) is 0 Å². The van der Waals surface area contributed by atoms with Crippen molar-refractivity contribution in [1.82, 2.24) is 4.90 Å². The zero-order valence-electron chi connectivity index (χ0n) is 9.45. The van der Waals surface area contributed by atoms with Crippen LogP contribution in [0.4, 0.5) is 0 Å². The lowest BCUT2D eigenvalue weighted by Crippen LogP contribution is -2.45. The van der Waals surface area contributed by atoms with Gasteiger partial charge in [0.25, 0.3) is 0 Å². The van der Waals surface area contributed by atoms with E-state index in [-0.39, 0.29) is 11.9 Å². The monoisotopic (exact) mass is 213 g/mol. The molecule has 0 radical (unpaired) electrons. The van der Waals surface area contributed by atoms with Gasteiger partial charge in [0.05, 0.1) is 6.04 Å². The van der Waals surface area contributed by atoms with Crippen LogP contribution in [-0.4, -0.2) is 36.5 Å². The smallest absolute Gasteiger partial charge is 0.239 e. The second kappa shape index (κ2) is 6.80.